The van der Waals surface area contributed by atoms with Gasteiger partial charge in [0.05, 0.1) is 0 Å². The molecule has 11 nitrogen and oxygen atoms in total. The molecule has 0 radical (unpaired) electrons. The number of carbonyl (C=O) groups is 4. The van der Waals surface area contributed by atoms with Crippen LogP contribution < -0.4 is 16.0 Å². The maximum Gasteiger partial charge on any atom is 0.408 e. The third-order valence-electron chi connectivity index (χ3n) is 5.87. The second-order valence-electron chi connectivity index (χ2n) is 11.0. The zero-order chi connectivity index (χ0) is 32.0. The average Bonchev–Trinajstić information content (AvgIpc) is 2.93. The lowest BCUT2D eigenvalue weighted by molar-refractivity contribution is -0.131. The molecule has 0 bridgehead atoms. The van der Waals surface area contributed by atoms with Crippen LogP contribution in [-0.4, -0.2) is 59.0 Å². The van der Waals surface area contributed by atoms with Crippen molar-refractivity contribution < 1.29 is 23.9 Å². The number of nitrogens with zero attached hydrogens (tertiary/aromatic N) is 3. The van der Waals surface area contributed by atoms with E-state index < -0.39 is 47.5 Å². The first kappa shape index (κ1) is 35.5. The predicted molar refractivity (Wildman–Crippen MR) is 172 cm³/mol. The Labute approximate surface area is 261 Å². The van der Waals surface area contributed by atoms with Crippen LogP contribution in [0.3, 0.4) is 0 Å². The van der Waals surface area contributed by atoms with Crippen LogP contribution in [0.2, 0.25) is 0 Å². The molecule has 2 rings (SSSR count). The molecule has 13 heteroatoms. The number of hydrogen-bond donors (Lipinski definition) is 3. The number of aryl methyl sites for hydroxylation is 2. The Hall–Kier alpha value is -3.67. The highest BCUT2D eigenvalue weighted by molar-refractivity contribution is 7.98. The molecule has 2 aromatic rings. The van der Waals surface area contributed by atoms with E-state index in [-0.39, 0.29) is 11.5 Å². The Morgan fingerprint density at radius 2 is 1.30 bits per heavy atom. The molecule has 2 aromatic carbocycles. The first-order chi connectivity index (χ1) is 20.3. The van der Waals surface area contributed by atoms with E-state index in [0.717, 1.165) is 22.3 Å². The van der Waals surface area contributed by atoms with Crippen LogP contribution >= 0.6 is 23.5 Å². The number of rotatable bonds is 14. The van der Waals surface area contributed by atoms with Crippen LogP contribution in [0, 0.1) is 13.8 Å². The van der Waals surface area contributed by atoms with Gasteiger partial charge in [-0.25, -0.2) is 4.79 Å². The average molecular weight is 629 g/mol. The van der Waals surface area contributed by atoms with Gasteiger partial charge in [-0.05, 0) is 63.3 Å². The molecule has 0 aliphatic carbocycles. The summed E-state index contributed by atoms with van der Waals surface area (Å²) in [6, 6.07) is 12.8. The lowest BCUT2D eigenvalue weighted by atomic mass is 10.2. The monoisotopic (exact) mass is 628 g/mol. The Morgan fingerprint density at radius 3 is 1.77 bits per heavy atom. The number of azide groups is 1. The fraction of sp³-hybridized carbons (Fsp3) is 0.467. The molecular formula is C30H40N6O5S2. The van der Waals surface area contributed by atoms with Crippen molar-refractivity contribution in [3.05, 3.63) is 81.2 Å². The molecule has 0 aromatic heterocycles. The van der Waals surface area contributed by atoms with E-state index in [2.05, 4.69) is 26.0 Å². The third kappa shape index (κ3) is 13.9. The highest BCUT2D eigenvalue weighted by atomic mass is 32.2. The van der Waals surface area contributed by atoms with Gasteiger partial charge >= 0.3 is 6.09 Å². The van der Waals surface area contributed by atoms with Gasteiger partial charge in [0.15, 0.2) is 0 Å². The third-order valence-corrected chi connectivity index (χ3v) is 8.08. The van der Waals surface area contributed by atoms with E-state index in [1.165, 1.54) is 30.4 Å². The summed E-state index contributed by atoms with van der Waals surface area (Å²) in [7, 11) is 0. The van der Waals surface area contributed by atoms with Crippen molar-refractivity contribution in [1.29, 1.82) is 0 Å². The molecule has 232 valence electrons. The highest BCUT2D eigenvalue weighted by Crippen LogP contribution is 2.16. The van der Waals surface area contributed by atoms with Crippen molar-refractivity contribution in [3.8, 4) is 0 Å². The van der Waals surface area contributed by atoms with Gasteiger partial charge in [-0.2, -0.15) is 23.5 Å². The number of ether oxygens (including phenoxy) is 1. The summed E-state index contributed by atoms with van der Waals surface area (Å²) in [5.41, 5.74) is 12.4. The van der Waals surface area contributed by atoms with Crippen molar-refractivity contribution in [3.63, 3.8) is 0 Å². The van der Waals surface area contributed by atoms with Crippen molar-refractivity contribution in [1.82, 2.24) is 16.0 Å². The Balaban J connectivity index is 2.02. The molecule has 43 heavy (non-hydrogen) atoms. The van der Waals surface area contributed by atoms with E-state index in [1.807, 2.05) is 62.4 Å². The van der Waals surface area contributed by atoms with Crippen LogP contribution in [0.4, 0.5) is 4.79 Å². The molecule has 0 spiro atoms. The molecule has 0 saturated heterocycles. The number of amides is 4. The maximum absolute atomic E-state index is 13.2. The SMILES string of the molecule is Cc1ccc(CSC[C@H](NC(=O)[C@H](C)NC(=O)[C@H](CSCc2ccc(C)cc2)NC(=O)OC(C)(C)C)C(=O)N=[N+]=[N-])cc1. The molecule has 0 aliphatic heterocycles. The summed E-state index contributed by atoms with van der Waals surface area (Å²) in [4.78, 5) is 53.6. The summed E-state index contributed by atoms with van der Waals surface area (Å²) in [5, 5.41) is 10.9. The fourth-order valence-corrected chi connectivity index (χ4v) is 5.58. The Kier molecular flexibility index (Phi) is 14.4. The minimum absolute atomic E-state index is 0.163. The Morgan fingerprint density at radius 1 is 0.814 bits per heavy atom. The predicted octanol–water partition coefficient (Wildman–Crippen LogP) is 5.19. The van der Waals surface area contributed by atoms with Crippen LogP contribution in [0.25, 0.3) is 10.4 Å². The second kappa shape index (κ2) is 17.4. The van der Waals surface area contributed by atoms with Gasteiger partial charge in [-0.15, -0.1) is 0 Å². The molecular weight excluding hydrogens is 589 g/mol. The van der Waals surface area contributed by atoms with Gasteiger partial charge < -0.3 is 20.7 Å². The van der Waals surface area contributed by atoms with Crippen molar-refractivity contribution in [2.45, 2.75) is 76.8 Å². The lowest BCUT2D eigenvalue weighted by Gasteiger charge is -2.25. The lowest BCUT2D eigenvalue weighted by Crippen LogP contribution is -2.56. The van der Waals surface area contributed by atoms with Gasteiger partial charge in [0.2, 0.25) is 17.7 Å². The fourth-order valence-electron chi connectivity index (χ4n) is 3.56. The molecule has 3 N–H and O–H groups in total. The van der Waals surface area contributed by atoms with E-state index in [1.54, 1.807) is 20.8 Å². The van der Waals surface area contributed by atoms with Gasteiger partial charge in [0, 0.05) is 27.9 Å². The summed E-state index contributed by atoms with van der Waals surface area (Å²) < 4.78 is 5.33. The smallest absolute Gasteiger partial charge is 0.408 e. The van der Waals surface area contributed by atoms with Crippen molar-refractivity contribution in [2.75, 3.05) is 11.5 Å². The van der Waals surface area contributed by atoms with E-state index in [4.69, 9.17) is 10.3 Å². The Bertz CT molecular complexity index is 1290. The van der Waals surface area contributed by atoms with E-state index in [9.17, 15) is 19.2 Å². The number of nitrogens with one attached hydrogen (secondary N) is 3. The van der Waals surface area contributed by atoms with Crippen molar-refractivity contribution in [2.24, 2.45) is 5.11 Å². The quantitative estimate of drug-likeness (QED) is 0.147. The number of alkyl carbamates (subject to hydrolysis) is 1. The molecule has 0 heterocycles. The molecule has 0 saturated carbocycles. The summed E-state index contributed by atoms with van der Waals surface area (Å²) in [5.74, 6) is -0.476. The van der Waals surface area contributed by atoms with Crippen molar-refractivity contribution >= 4 is 47.3 Å². The number of benzene rings is 2. The van der Waals surface area contributed by atoms with Crippen LogP contribution in [0.5, 0.6) is 0 Å². The standard InChI is InChI=1S/C30H40N6O5S2/c1-19-7-11-22(12-8-19)15-42-17-24(34-29(40)41-30(4,5)6)27(38)32-21(3)26(37)33-25(28(39)35-36-31)18-43-16-23-13-9-20(2)10-14-23/h7-14,21,24-25H,15-18H2,1-6H3,(H,32,38)(H,33,37)(H,34,40)/t21-,24-,25-/m0/s1. The first-order valence-corrected chi connectivity index (χ1v) is 16.0. The minimum Gasteiger partial charge on any atom is -0.444 e. The second-order valence-corrected chi connectivity index (χ2v) is 13.1. The zero-order valence-corrected chi connectivity index (χ0v) is 27.0. The van der Waals surface area contributed by atoms with Gasteiger partial charge in [0.1, 0.15) is 23.7 Å². The summed E-state index contributed by atoms with van der Waals surface area (Å²) in [6.45, 7) is 10.6. The molecule has 4 amide bonds. The molecule has 0 aliphatic rings. The van der Waals surface area contributed by atoms with Crippen LogP contribution in [0.1, 0.15) is 49.9 Å². The minimum atomic E-state index is -1.08. The van der Waals surface area contributed by atoms with Gasteiger partial charge in [0.25, 0.3) is 0 Å². The maximum atomic E-state index is 13.2. The largest absolute Gasteiger partial charge is 0.444 e. The first-order valence-electron chi connectivity index (χ1n) is 13.7. The molecule has 0 fully saturated rings. The zero-order valence-electron chi connectivity index (χ0n) is 25.4. The molecule has 0 unspecified atom stereocenters. The number of carbonyl (C=O) groups excluding carboxylic acids is 4. The summed E-state index contributed by atoms with van der Waals surface area (Å²) in [6.07, 6.45) is -0.758. The van der Waals surface area contributed by atoms with Crippen LogP contribution in [-0.2, 0) is 30.6 Å². The summed E-state index contributed by atoms with van der Waals surface area (Å²) >= 11 is 2.84. The number of thioether (sulfide) groups is 2. The van der Waals surface area contributed by atoms with E-state index >= 15 is 0 Å². The van der Waals surface area contributed by atoms with Gasteiger partial charge in [-0.1, -0.05) is 59.7 Å². The van der Waals surface area contributed by atoms with Crippen LogP contribution in [0.15, 0.2) is 53.6 Å². The normalized spacial score (nSPS) is 13.1. The topological polar surface area (TPSA) is 162 Å². The number of hydrogen-bond acceptors (Lipinski definition) is 7. The van der Waals surface area contributed by atoms with E-state index in [0.29, 0.717) is 11.5 Å². The molecule has 3 atom stereocenters. The van der Waals surface area contributed by atoms with Gasteiger partial charge in [-0.3, -0.25) is 14.4 Å². The highest BCUT2D eigenvalue weighted by Gasteiger charge is 2.28.